The molecule has 0 heterocycles. The average molecular weight is 353 g/mol. The summed E-state index contributed by atoms with van der Waals surface area (Å²) in [6.45, 7) is 2.89. The summed E-state index contributed by atoms with van der Waals surface area (Å²) in [5.41, 5.74) is 10.0. The molecule has 0 spiro atoms. The summed E-state index contributed by atoms with van der Waals surface area (Å²) < 4.78 is 5.85. The van der Waals surface area contributed by atoms with E-state index in [1.807, 2.05) is 24.3 Å². The molecule has 2 aromatic carbocycles. The Kier molecular flexibility index (Phi) is 8.19. The molecule has 0 saturated heterocycles. The number of anilines is 1. The second-order valence-electron chi connectivity index (χ2n) is 6.13. The van der Waals surface area contributed by atoms with E-state index in [-0.39, 0.29) is 5.91 Å². The van der Waals surface area contributed by atoms with E-state index < -0.39 is 0 Å². The summed E-state index contributed by atoms with van der Waals surface area (Å²) in [5.74, 6) is 0.466. The molecule has 5 heteroatoms. The fourth-order valence-corrected chi connectivity index (χ4v) is 2.51. The van der Waals surface area contributed by atoms with Gasteiger partial charge in [0.2, 0.25) is 0 Å². The Bertz CT molecular complexity index is 729. The highest BCUT2D eigenvalue weighted by atomic mass is 16.5. The van der Waals surface area contributed by atoms with Crippen LogP contribution < -0.4 is 15.9 Å². The third kappa shape index (κ3) is 6.59. The first-order chi connectivity index (χ1) is 12.7. The van der Waals surface area contributed by atoms with Crippen LogP contribution in [0.15, 0.2) is 53.6 Å². The zero-order valence-corrected chi connectivity index (χ0v) is 15.3. The lowest BCUT2D eigenvalue weighted by Gasteiger charge is -2.08. The van der Waals surface area contributed by atoms with E-state index in [2.05, 4.69) is 17.5 Å². The summed E-state index contributed by atoms with van der Waals surface area (Å²) in [5, 5.41) is 4.03. The van der Waals surface area contributed by atoms with E-state index in [0.29, 0.717) is 17.9 Å². The van der Waals surface area contributed by atoms with Crippen LogP contribution in [0.4, 0.5) is 5.69 Å². The van der Waals surface area contributed by atoms with Crippen molar-refractivity contribution in [3.05, 3.63) is 59.7 Å². The number of hydrogen-bond donors (Lipinski definition) is 2. The number of rotatable bonds is 10. The Balaban J connectivity index is 1.86. The van der Waals surface area contributed by atoms with Gasteiger partial charge >= 0.3 is 0 Å². The van der Waals surface area contributed by atoms with Gasteiger partial charge in [0.15, 0.2) is 0 Å². The molecule has 2 aromatic rings. The van der Waals surface area contributed by atoms with Gasteiger partial charge in [0, 0.05) is 16.8 Å². The first-order valence-electron chi connectivity index (χ1n) is 9.11. The first-order valence-corrected chi connectivity index (χ1v) is 9.11. The van der Waals surface area contributed by atoms with Crippen molar-refractivity contribution in [2.75, 3.05) is 12.3 Å². The number of nitrogens with one attached hydrogen (secondary N) is 1. The van der Waals surface area contributed by atoms with Crippen LogP contribution in [0.5, 0.6) is 5.75 Å². The average Bonchev–Trinajstić information content (AvgIpc) is 2.65. The standard InChI is InChI=1S/C21H27N3O2/c1-2-3-4-5-8-14-26-20-13-7-6-10-18(20)16-23-24-21(25)17-11-9-12-19(22)15-17/h6-7,9-13,15-16H,2-5,8,14,22H2,1H3,(H,24,25)/b23-16-. The molecule has 5 nitrogen and oxygen atoms in total. The van der Waals surface area contributed by atoms with Crippen LogP contribution in [-0.4, -0.2) is 18.7 Å². The third-order valence-corrected chi connectivity index (χ3v) is 3.94. The lowest BCUT2D eigenvalue weighted by Crippen LogP contribution is -2.17. The van der Waals surface area contributed by atoms with Crippen LogP contribution in [0.1, 0.15) is 54.9 Å². The third-order valence-electron chi connectivity index (χ3n) is 3.94. The van der Waals surface area contributed by atoms with Gasteiger partial charge in [0.05, 0.1) is 12.8 Å². The second-order valence-corrected chi connectivity index (χ2v) is 6.13. The molecule has 138 valence electrons. The van der Waals surface area contributed by atoms with Gasteiger partial charge in [0.1, 0.15) is 5.75 Å². The Labute approximate surface area is 155 Å². The number of unbranched alkanes of at least 4 members (excludes halogenated alkanes) is 4. The fourth-order valence-electron chi connectivity index (χ4n) is 2.51. The maximum atomic E-state index is 12.1. The van der Waals surface area contributed by atoms with Gasteiger partial charge in [-0.3, -0.25) is 4.79 Å². The molecule has 2 rings (SSSR count). The summed E-state index contributed by atoms with van der Waals surface area (Å²) in [7, 11) is 0. The summed E-state index contributed by atoms with van der Waals surface area (Å²) in [6.07, 6.45) is 7.57. The number of carbonyl (C=O) groups is 1. The largest absolute Gasteiger partial charge is 0.493 e. The quantitative estimate of drug-likeness (QED) is 0.288. The highest BCUT2D eigenvalue weighted by Crippen LogP contribution is 2.16. The van der Waals surface area contributed by atoms with E-state index >= 15 is 0 Å². The molecule has 0 fully saturated rings. The molecule has 0 bridgehead atoms. The molecular weight excluding hydrogens is 326 g/mol. The zero-order valence-electron chi connectivity index (χ0n) is 15.3. The Morgan fingerprint density at radius 3 is 2.73 bits per heavy atom. The van der Waals surface area contributed by atoms with Crippen LogP contribution >= 0.6 is 0 Å². The zero-order chi connectivity index (χ0) is 18.6. The maximum Gasteiger partial charge on any atom is 0.271 e. The smallest absolute Gasteiger partial charge is 0.271 e. The molecule has 0 aliphatic heterocycles. The van der Waals surface area contributed by atoms with Crippen LogP contribution in [0.3, 0.4) is 0 Å². The van der Waals surface area contributed by atoms with E-state index in [1.54, 1.807) is 30.5 Å². The lowest BCUT2D eigenvalue weighted by atomic mass is 10.2. The number of benzene rings is 2. The molecule has 0 aromatic heterocycles. The number of para-hydroxylation sites is 1. The first kappa shape index (κ1) is 19.5. The highest BCUT2D eigenvalue weighted by Gasteiger charge is 2.04. The summed E-state index contributed by atoms with van der Waals surface area (Å²) >= 11 is 0. The monoisotopic (exact) mass is 353 g/mol. The van der Waals surface area contributed by atoms with Crippen molar-refractivity contribution >= 4 is 17.8 Å². The highest BCUT2D eigenvalue weighted by molar-refractivity contribution is 5.95. The topological polar surface area (TPSA) is 76.7 Å². The van der Waals surface area contributed by atoms with Crippen molar-refractivity contribution < 1.29 is 9.53 Å². The van der Waals surface area contributed by atoms with Crippen LogP contribution in [0.25, 0.3) is 0 Å². The Hall–Kier alpha value is -2.82. The molecule has 3 N–H and O–H groups in total. The molecule has 0 atom stereocenters. The minimum Gasteiger partial charge on any atom is -0.493 e. The maximum absolute atomic E-state index is 12.1. The van der Waals surface area contributed by atoms with Crippen molar-refractivity contribution in [3.63, 3.8) is 0 Å². The van der Waals surface area contributed by atoms with Gasteiger partial charge in [-0.25, -0.2) is 5.43 Å². The number of hydrazone groups is 1. The van der Waals surface area contributed by atoms with Crippen LogP contribution in [0.2, 0.25) is 0 Å². The van der Waals surface area contributed by atoms with Crippen molar-refractivity contribution in [2.24, 2.45) is 5.10 Å². The fraction of sp³-hybridized carbons (Fsp3) is 0.333. The van der Waals surface area contributed by atoms with Gasteiger partial charge < -0.3 is 10.5 Å². The van der Waals surface area contributed by atoms with E-state index in [9.17, 15) is 4.79 Å². The molecule has 0 aliphatic carbocycles. The Morgan fingerprint density at radius 2 is 1.92 bits per heavy atom. The molecule has 0 aliphatic rings. The number of nitrogens with zero attached hydrogens (tertiary/aromatic N) is 1. The van der Waals surface area contributed by atoms with Gasteiger partial charge in [0.25, 0.3) is 5.91 Å². The number of nitrogen functional groups attached to an aromatic ring is 1. The number of nitrogens with two attached hydrogens (primary N) is 1. The van der Waals surface area contributed by atoms with E-state index in [0.717, 1.165) is 17.7 Å². The van der Waals surface area contributed by atoms with Gasteiger partial charge in [-0.2, -0.15) is 5.10 Å². The minimum atomic E-state index is -0.303. The molecule has 26 heavy (non-hydrogen) atoms. The number of hydrogen-bond acceptors (Lipinski definition) is 4. The SMILES string of the molecule is CCCCCCCOc1ccccc1/C=N\NC(=O)c1cccc(N)c1. The van der Waals surface area contributed by atoms with Gasteiger partial charge in [-0.15, -0.1) is 0 Å². The van der Waals surface area contributed by atoms with Gasteiger partial charge in [-0.1, -0.05) is 50.8 Å². The number of carbonyl (C=O) groups excluding carboxylic acids is 1. The van der Waals surface area contributed by atoms with E-state index in [1.165, 1.54) is 25.7 Å². The second kappa shape index (κ2) is 10.9. The molecule has 1 amide bonds. The number of ether oxygens (including phenoxy) is 1. The van der Waals surface area contributed by atoms with Crippen molar-refractivity contribution in [3.8, 4) is 5.75 Å². The molecule has 0 unspecified atom stereocenters. The molecule has 0 radical (unpaired) electrons. The normalized spacial score (nSPS) is 10.8. The number of amides is 1. The summed E-state index contributed by atoms with van der Waals surface area (Å²) in [6, 6.07) is 14.4. The van der Waals surface area contributed by atoms with E-state index in [4.69, 9.17) is 10.5 Å². The van der Waals surface area contributed by atoms with Crippen molar-refractivity contribution in [2.45, 2.75) is 39.0 Å². The van der Waals surface area contributed by atoms with Crippen molar-refractivity contribution in [1.29, 1.82) is 0 Å². The predicted octanol–water partition coefficient (Wildman–Crippen LogP) is 4.38. The molecule has 0 saturated carbocycles. The molecular formula is C21H27N3O2. The summed E-state index contributed by atoms with van der Waals surface area (Å²) in [4.78, 5) is 12.1. The predicted molar refractivity (Wildman–Crippen MR) is 107 cm³/mol. The van der Waals surface area contributed by atoms with Gasteiger partial charge in [-0.05, 0) is 36.8 Å². The van der Waals surface area contributed by atoms with Crippen LogP contribution in [0, 0.1) is 0 Å². The lowest BCUT2D eigenvalue weighted by molar-refractivity contribution is 0.0955. The Morgan fingerprint density at radius 1 is 1.12 bits per heavy atom. The minimum absolute atomic E-state index is 0.303. The van der Waals surface area contributed by atoms with Crippen LogP contribution in [-0.2, 0) is 0 Å². The van der Waals surface area contributed by atoms with Crippen molar-refractivity contribution in [1.82, 2.24) is 5.43 Å².